The minimum Gasteiger partial charge on any atom is -0.346 e. The van der Waals surface area contributed by atoms with Crippen LogP contribution in [0.25, 0.3) is 17.1 Å². The van der Waals surface area contributed by atoms with Gasteiger partial charge in [0.05, 0.1) is 12.3 Å². The van der Waals surface area contributed by atoms with Crippen LogP contribution in [-0.4, -0.2) is 38.9 Å². The highest BCUT2D eigenvalue weighted by Gasteiger charge is 2.17. The smallest absolute Gasteiger partial charge is 0.243 e. The van der Waals surface area contributed by atoms with Crippen LogP contribution in [0.3, 0.4) is 0 Å². The standard InChI is InChI=1S/C24H18F3N5O2S/c25-16-8-6-15(7-9-16)23-30-31-24(32(23)18-4-2-1-3-5-18)35-14-22(34)28-13-21(33)29-17-10-11-19(26)20(27)12-17/h1-12H,13-14H2,(H,28,34)(H,29,33). The molecule has 0 spiro atoms. The first kappa shape index (κ1) is 24.0. The molecule has 0 saturated carbocycles. The van der Waals surface area contributed by atoms with Crippen molar-refractivity contribution in [1.82, 2.24) is 20.1 Å². The molecule has 1 heterocycles. The van der Waals surface area contributed by atoms with Gasteiger partial charge in [-0.2, -0.15) is 0 Å². The number of hydrogen-bond donors (Lipinski definition) is 2. The summed E-state index contributed by atoms with van der Waals surface area (Å²) >= 11 is 1.11. The number of aromatic nitrogens is 3. The summed E-state index contributed by atoms with van der Waals surface area (Å²) in [6.07, 6.45) is 0. The lowest BCUT2D eigenvalue weighted by Gasteiger charge is -2.10. The quantitative estimate of drug-likeness (QED) is 0.356. The van der Waals surface area contributed by atoms with E-state index >= 15 is 0 Å². The second kappa shape index (κ2) is 10.9. The Labute approximate surface area is 202 Å². The highest BCUT2D eigenvalue weighted by atomic mass is 32.2. The number of amides is 2. The Kier molecular flexibility index (Phi) is 7.46. The minimum absolute atomic E-state index is 0.0627. The monoisotopic (exact) mass is 497 g/mol. The normalized spacial score (nSPS) is 10.7. The van der Waals surface area contributed by atoms with E-state index in [4.69, 9.17) is 0 Å². The molecule has 178 valence electrons. The molecule has 0 fully saturated rings. The first-order valence-corrected chi connectivity index (χ1v) is 11.3. The molecule has 0 aliphatic rings. The summed E-state index contributed by atoms with van der Waals surface area (Å²) < 4.78 is 41.4. The van der Waals surface area contributed by atoms with Gasteiger partial charge in [0.2, 0.25) is 11.8 Å². The number of halogens is 3. The van der Waals surface area contributed by atoms with Crippen LogP contribution in [0.2, 0.25) is 0 Å². The van der Waals surface area contributed by atoms with E-state index in [9.17, 15) is 22.8 Å². The molecule has 35 heavy (non-hydrogen) atoms. The van der Waals surface area contributed by atoms with E-state index in [0.717, 1.165) is 29.6 Å². The second-order valence-electron chi connectivity index (χ2n) is 7.23. The Morgan fingerprint density at radius 3 is 2.31 bits per heavy atom. The molecule has 0 saturated heterocycles. The van der Waals surface area contributed by atoms with E-state index in [-0.39, 0.29) is 23.8 Å². The number of para-hydroxylation sites is 1. The van der Waals surface area contributed by atoms with Crippen LogP contribution in [0.1, 0.15) is 0 Å². The van der Waals surface area contributed by atoms with E-state index in [1.807, 2.05) is 30.3 Å². The van der Waals surface area contributed by atoms with Crippen LogP contribution in [-0.2, 0) is 9.59 Å². The number of carbonyl (C=O) groups is 2. The van der Waals surface area contributed by atoms with Crippen molar-refractivity contribution in [2.45, 2.75) is 5.16 Å². The SMILES string of the molecule is O=C(CSc1nnc(-c2ccc(F)cc2)n1-c1ccccc1)NCC(=O)Nc1ccc(F)c(F)c1. The summed E-state index contributed by atoms with van der Waals surface area (Å²) in [4.78, 5) is 24.3. The molecule has 0 aliphatic carbocycles. The number of nitrogens with zero attached hydrogens (tertiary/aromatic N) is 3. The van der Waals surface area contributed by atoms with Gasteiger partial charge in [0.15, 0.2) is 22.6 Å². The molecular weight excluding hydrogens is 479 g/mol. The van der Waals surface area contributed by atoms with E-state index in [2.05, 4.69) is 20.8 Å². The fraction of sp³-hybridized carbons (Fsp3) is 0.0833. The third-order valence-corrected chi connectivity index (χ3v) is 5.66. The lowest BCUT2D eigenvalue weighted by Crippen LogP contribution is -2.34. The Bertz CT molecular complexity index is 1350. The largest absolute Gasteiger partial charge is 0.346 e. The van der Waals surface area contributed by atoms with Gasteiger partial charge in [-0.1, -0.05) is 30.0 Å². The maximum absolute atomic E-state index is 13.4. The first-order chi connectivity index (χ1) is 16.9. The topological polar surface area (TPSA) is 88.9 Å². The Balaban J connectivity index is 1.40. The predicted molar refractivity (Wildman–Crippen MR) is 125 cm³/mol. The number of benzene rings is 3. The number of nitrogens with one attached hydrogen (secondary N) is 2. The molecule has 4 aromatic rings. The number of carbonyl (C=O) groups excluding carboxylic acids is 2. The Morgan fingerprint density at radius 1 is 0.857 bits per heavy atom. The molecule has 1 aromatic heterocycles. The molecule has 2 N–H and O–H groups in total. The van der Waals surface area contributed by atoms with Gasteiger partial charge in [0.25, 0.3) is 0 Å². The Morgan fingerprint density at radius 2 is 1.60 bits per heavy atom. The highest BCUT2D eigenvalue weighted by Crippen LogP contribution is 2.28. The molecule has 0 atom stereocenters. The zero-order chi connectivity index (χ0) is 24.8. The first-order valence-electron chi connectivity index (χ1n) is 10.3. The molecule has 3 aromatic carbocycles. The average molecular weight is 498 g/mol. The van der Waals surface area contributed by atoms with Crippen LogP contribution in [0.15, 0.2) is 78.0 Å². The molecular formula is C24H18F3N5O2S. The van der Waals surface area contributed by atoms with Crippen molar-refractivity contribution in [3.05, 3.63) is 90.2 Å². The van der Waals surface area contributed by atoms with Gasteiger partial charge in [-0.05, 0) is 48.5 Å². The van der Waals surface area contributed by atoms with E-state index in [0.29, 0.717) is 16.5 Å². The molecule has 0 aliphatic heterocycles. The number of rotatable bonds is 8. The van der Waals surface area contributed by atoms with Gasteiger partial charge in [-0.3, -0.25) is 14.2 Å². The van der Waals surface area contributed by atoms with Gasteiger partial charge in [-0.25, -0.2) is 13.2 Å². The summed E-state index contributed by atoms with van der Waals surface area (Å²) in [7, 11) is 0. The lowest BCUT2D eigenvalue weighted by atomic mass is 10.2. The lowest BCUT2D eigenvalue weighted by molar-refractivity contribution is -0.122. The van der Waals surface area contributed by atoms with E-state index in [1.165, 1.54) is 18.2 Å². The number of thioether (sulfide) groups is 1. The van der Waals surface area contributed by atoms with Crippen molar-refractivity contribution in [2.75, 3.05) is 17.6 Å². The fourth-order valence-electron chi connectivity index (χ4n) is 3.10. The van der Waals surface area contributed by atoms with Crippen LogP contribution < -0.4 is 10.6 Å². The third-order valence-electron chi connectivity index (χ3n) is 4.73. The summed E-state index contributed by atoms with van der Waals surface area (Å²) in [6.45, 7) is -0.357. The van der Waals surface area contributed by atoms with Crippen molar-refractivity contribution in [1.29, 1.82) is 0 Å². The van der Waals surface area contributed by atoms with Gasteiger partial charge in [0, 0.05) is 23.0 Å². The van der Waals surface area contributed by atoms with Crippen molar-refractivity contribution < 1.29 is 22.8 Å². The number of hydrogen-bond acceptors (Lipinski definition) is 5. The molecule has 0 bridgehead atoms. The summed E-state index contributed by atoms with van der Waals surface area (Å²) in [6, 6.07) is 18.0. The summed E-state index contributed by atoms with van der Waals surface area (Å²) in [5.74, 6) is -3.12. The molecule has 0 radical (unpaired) electrons. The fourth-order valence-corrected chi connectivity index (χ4v) is 3.88. The zero-order valence-corrected chi connectivity index (χ0v) is 18.9. The van der Waals surface area contributed by atoms with Crippen molar-refractivity contribution in [3.63, 3.8) is 0 Å². The molecule has 7 nitrogen and oxygen atoms in total. The van der Waals surface area contributed by atoms with Crippen LogP contribution in [0, 0.1) is 17.5 Å². The summed E-state index contributed by atoms with van der Waals surface area (Å²) in [5.41, 5.74) is 1.47. The van der Waals surface area contributed by atoms with Crippen LogP contribution >= 0.6 is 11.8 Å². The van der Waals surface area contributed by atoms with Crippen LogP contribution in [0.4, 0.5) is 18.9 Å². The van der Waals surface area contributed by atoms with Gasteiger partial charge in [0.1, 0.15) is 5.82 Å². The van der Waals surface area contributed by atoms with Gasteiger partial charge < -0.3 is 10.6 Å². The van der Waals surface area contributed by atoms with Gasteiger partial charge in [-0.15, -0.1) is 10.2 Å². The number of anilines is 1. The van der Waals surface area contributed by atoms with E-state index < -0.39 is 23.4 Å². The molecule has 2 amide bonds. The summed E-state index contributed by atoms with van der Waals surface area (Å²) in [5, 5.41) is 13.7. The third kappa shape index (κ3) is 6.07. The second-order valence-corrected chi connectivity index (χ2v) is 8.17. The Hall–Kier alpha value is -4.12. The van der Waals surface area contributed by atoms with Gasteiger partial charge >= 0.3 is 0 Å². The maximum atomic E-state index is 13.4. The molecule has 4 rings (SSSR count). The average Bonchev–Trinajstić information content (AvgIpc) is 3.28. The zero-order valence-electron chi connectivity index (χ0n) is 18.0. The maximum Gasteiger partial charge on any atom is 0.243 e. The van der Waals surface area contributed by atoms with Crippen molar-refractivity contribution >= 4 is 29.3 Å². The predicted octanol–water partition coefficient (Wildman–Crippen LogP) is 4.20. The van der Waals surface area contributed by atoms with E-state index in [1.54, 1.807) is 16.7 Å². The molecule has 11 heteroatoms. The minimum atomic E-state index is -1.09. The molecule has 0 unspecified atom stereocenters. The van der Waals surface area contributed by atoms with Crippen LogP contribution in [0.5, 0.6) is 0 Å². The van der Waals surface area contributed by atoms with Crippen molar-refractivity contribution in [3.8, 4) is 17.1 Å². The van der Waals surface area contributed by atoms with Crippen molar-refractivity contribution in [2.24, 2.45) is 0 Å². The highest BCUT2D eigenvalue weighted by molar-refractivity contribution is 7.99.